The summed E-state index contributed by atoms with van der Waals surface area (Å²) < 4.78 is 23.0. The fourth-order valence-electron chi connectivity index (χ4n) is 3.25. The summed E-state index contributed by atoms with van der Waals surface area (Å²) in [6.45, 7) is 0.192. The lowest BCUT2D eigenvalue weighted by atomic mass is 10.0. The largest absolute Gasteiger partial charge is 0.394 e. The first-order valence-corrected chi connectivity index (χ1v) is 9.55. The number of hydrogen-bond acceptors (Lipinski definition) is 8. The number of hydrogen-bond donors (Lipinski definition) is 3. The molecule has 2 heterocycles. The van der Waals surface area contributed by atoms with Crippen molar-refractivity contribution >= 4 is 0 Å². The van der Waals surface area contributed by atoms with Gasteiger partial charge in [-0.1, -0.05) is 30.3 Å². The van der Waals surface area contributed by atoms with Crippen molar-refractivity contribution < 1.29 is 29.2 Å². The van der Waals surface area contributed by atoms with Crippen LogP contribution >= 0.6 is 0 Å². The molecule has 3 rings (SSSR count). The summed E-state index contributed by atoms with van der Waals surface area (Å²) >= 11 is 0. The molecule has 4 atom stereocenters. The Balaban J connectivity index is 1.78. The molecule has 30 heavy (non-hydrogen) atoms. The van der Waals surface area contributed by atoms with Crippen LogP contribution in [-0.4, -0.2) is 65.0 Å². The first kappa shape index (κ1) is 22.3. The fourth-order valence-corrected chi connectivity index (χ4v) is 3.25. The van der Waals surface area contributed by atoms with Gasteiger partial charge in [0, 0.05) is 13.3 Å². The summed E-state index contributed by atoms with van der Waals surface area (Å²) in [5.74, 6) is 0. The van der Waals surface area contributed by atoms with Crippen molar-refractivity contribution in [3.8, 4) is 0 Å². The Labute approximate surface area is 172 Å². The molecule has 1 aromatic carbocycles. The second-order valence-corrected chi connectivity index (χ2v) is 6.87. The van der Waals surface area contributed by atoms with Gasteiger partial charge in [-0.15, -0.1) is 0 Å². The number of aromatic nitrogens is 2. The number of nitrogens with zero attached hydrogens (tertiary/aromatic N) is 1. The third-order valence-corrected chi connectivity index (χ3v) is 4.80. The Kier molecular flexibility index (Phi) is 7.91. The molecule has 0 radical (unpaired) electrons. The van der Waals surface area contributed by atoms with Crippen LogP contribution in [0.15, 0.2) is 46.1 Å². The van der Waals surface area contributed by atoms with Gasteiger partial charge in [0.2, 0.25) is 0 Å². The highest BCUT2D eigenvalue weighted by Crippen LogP contribution is 2.34. The third-order valence-electron chi connectivity index (χ3n) is 4.80. The van der Waals surface area contributed by atoms with E-state index in [1.54, 1.807) is 0 Å². The van der Waals surface area contributed by atoms with E-state index in [-0.39, 0.29) is 32.1 Å². The number of aromatic amines is 1. The Morgan fingerprint density at radius 3 is 2.67 bits per heavy atom. The van der Waals surface area contributed by atoms with Crippen LogP contribution in [0.2, 0.25) is 0 Å². The monoisotopic (exact) mass is 422 g/mol. The Bertz CT molecular complexity index is 913. The molecule has 1 aromatic heterocycles. The molecule has 2 aromatic rings. The molecule has 3 N–H and O–H groups in total. The maximum atomic E-state index is 12.4. The highest BCUT2D eigenvalue weighted by molar-refractivity contribution is 5.15. The normalized spacial score (nSPS) is 23.7. The fraction of sp³-hybridized carbons (Fsp3) is 0.500. The molecular weight excluding hydrogens is 396 g/mol. The van der Waals surface area contributed by atoms with Gasteiger partial charge in [-0.25, -0.2) is 4.79 Å². The van der Waals surface area contributed by atoms with Gasteiger partial charge in [-0.2, -0.15) is 0 Å². The van der Waals surface area contributed by atoms with Gasteiger partial charge < -0.3 is 29.2 Å². The SMILES string of the molecule is COCCO[C@@H]1[C@H](O)[C@@H](CO)O[C@H]1c1cn(COCc2ccccc2)c(=O)[nH]c1=O. The van der Waals surface area contributed by atoms with Crippen LogP contribution in [0.1, 0.15) is 17.2 Å². The summed E-state index contributed by atoms with van der Waals surface area (Å²) in [5.41, 5.74) is -0.258. The molecule has 1 aliphatic heterocycles. The van der Waals surface area contributed by atoms with E-state index >= 15 is 0 Å². The van der Waals surface area contributed by atoms with Crippen molar-refractivity contribution in [3.63, 3.8) is 0 Å². The molecular formula is C20H26N2O8. The molecule has 0 amide bonds. The summed E-state index contributed by atoms with van der Waals surface area (Å²) in [6, 6.07) is 9.45. The van der Waals surface area contributed by atoms with E-state index < -0.39 is 42.3 Å². The number of methoxy groups -OCH3 is 1. The molecule has 0 unspecified atom stereocenters. The van der Waals surface area contributed by atoms with Crippen LogP contribution < -0.4 is 11.2 Å². The lowest BCUT2D eigenvalue weighted by Crippen LogP contribution is -2.38. The minimum atomic E-state index is -1.15. The molecule has 0 spiro atoms. The van der Waals surface area contributed by atoms with E-state index in [1.807, 2.05) is 30.3 Å². The van der Waals surface area contributed by atoms with Gasteiger partial charge in [0.1, 0.15) is 31.1 Å². The van der Waals surface area contributed by atoms with E-state index in [2.05, 4.69) is 4.98 Å². The lowest BCUT2D eigenvalue weighted by Gasteiger charge is -2.21. The van der Waals surface area contributed by atoms with E-state index in [0.717, 1.165) is 5.56 Å². The molecule has 10 heteroatoms. The van der Waals surface area contributed by atoms with Crippen molar-refractivity contribution in [2.75, 3.05) is 26.9 Å². The number of aliphatic hydroxyl groups is 2. The summed E-state index contributed by atoms with van der Waals surface area (Å²) in [5, 5.41) is 19.9. The molecule has 1 saturated heterocycles. The van der Waals surface area contributed by atoms with Crippen LogP contribution in [0.4, 0.5) is 0 Å². The predicted molar refractivity (Wildman–Crippen MR) is 105 cm³/mol. The van der Waals surface area contributed by atoms with Gasteiger partial charge in [-0.05, 0) is 5.56 Å². The first-order chi connectivity index (χ1) is 14.5. The standard InChI is InChI=1S/C20H26N2O8/c1-27-7-8-29-18-16(24)15(10-23)30-17(18)14-9-22(20(26)21-19(14)25)12-28-11-13-5-3-2-4-6-13/h2-6,9,15-18,23-24H,7-8,10-12H2,1H3,(H,21,25,26)/t15-,16-,17+,18-/m1/s1. The van der Waals surface area contributed by atoms with Gasteiger partial charge >= 0.3 is 5.69 Å². The van der Waals surface area contributed by atoms with Crippen molar-refractivity contribution in [2.45, 2.75) is 37.8 Å². The first-order valence-electron chi connectivity index (χ1n) is 9.55. The van der Waals surface area contributed by atoms with E-state index in [9.17, 15) is 19.8 Å². The molecule has 0 aliphatic carbocycles. The average Bonchev–Trinajstić information content (AvgIpc) is 3.06. The Morgan fingerprint density at radius 2 is 1.97 bits per heavy atom. The van der Waals surface area contributed by atoms with Gasteiger partial charge in [-0.3, -0.25) is 14.3 Å². The summed E-state index contributed by atoms with van der Waals surface area (Å²) in [7, 11) is 1.51. The molecule has 1 aliphatic rings. The third kappa shape index (κ3) is 5.22. The Hall–Kier alpha value is -2.34. The van der Waals surface area contributed by atoms with E-state index in [1.165, 1.54) is 17.9 Å². The van der Waals surface area contributed by atoms with Crippen molar-refractivity contribution in [1.82, 2.24) is 9.55 Å². The van der Waals surface area contributed by atoms with Crippen LogP contribution in [-0.2, 0) is 32.3 Å². The molecule has 164 valence electrons. The minimum absolute atomic E-state index is 0.0919. The number of nitrogens with one attached hydrogen (secondary N) is 1. The molecule has 1 fully saturated rings. The van der Waals surface area contributed by atoms with Crippen molar-refractivity contribution in [2.24, 2.45) is 0 Å². The van der Waals surface area contributed by atoms with Crippen LogP contribution in [0.3, 0.4) is 0 Å². The topological polar surface area (TPSA) is 132 Å². The smallest absolute Gasteiger partial charge is 0.330 e. The zero-order chi connectivity index (χ0) is 21.5. The van der Waals surface area contributed by atoms with E-state index in [0.29, 0.717) is 0 Å². The zero-order valence-corrected chi connectivity index (χ0v) is 16.6. The maximum Gasteiger partial charge on any atom is 0.330 e. The predicted octanol–water partition coefficient (Wildman–Crippen LogP) is -0.464. The molecule has 10 nitrogen and oxygen atoms in total. The Morgan fingerprint density at radius 1 is 1.20 bits per heavy atom. The minimum Gasteiger partial charge on any atom is -0.394 e. The second kappa shape index (κ2) is 10.6. The van der Waals surface area contributed by atoms with Crippen LogP contribution in [0.5, 0.6) is 0 Å². The summed E-state index contributed by atoms with van der Waals surface area (Å²) in [6.07, 6.45) is -2.62. The number of H-pyrrole nitrogens is 1. The van der Waals surface area contributed by atoms with Gasteiger partial charge in [0.25, 0.3) is 5.56 Å². The lowest BCUT2D eigenvalue weighted by molar-refractivity contribution is -0.0537. The molecule has 0 bridgehead atoms. The highest BCUT2D eigenvalue weighted by atomic mass is 16.6. The van der Waals surface area contributed by atoms with Crippen molar-refractivity contribution in [1.29, 1.82) is 0 Å². The number of rotatable bonds is 10. The average molecular weight is 422 g/mol. The molecule has 0 saturated carbocycles. The van der Waals surface area contributed by atoms with Crippen LogP contribution in [0.25, 0.3) is 0 Å². The summed E-state index contributed by atoms with van der Waals surface area (Å²) in [4.78, 5) is 26.8. The zero-order valence-electron chi connectivity index (χ0n) is 16.6. The number of aliphatic hydroxyl groups excluding tert-OH is 2. The van der Waals surface area contributed by atoms with E-state index in [4.69, 9.17) is 18.9 Å². The maximum absolute atomic E-state index is 12.4. The number of benzene rings is 1. The van der Waals surface area contributed by atoms with Gasteiger partial charge in [0.15, 0.2) is 0 Å². The highest BCUT2D eigenvalue weighted by Gasteiger charge is 2.46. The van der Waals surface area contributed by atoms with Gasteiger partial charge in [0.05, 0.1) is 32.0 Å². The van der Waals surface area contributed by atoms with Crippen molar-refractivity contribution in [3.05, 3.63) is 68.5 Å². The van der Waals surface area contributed by atoms with Crippen LogP contribution in [0, 0.1) is 0 Å². The number of ether oxygens (including phenoxy) is 4. The quantitative estimate of drug-likeness (QED) is 0.438. The second-order valence-electron chi connectivity index (χ2n) is 6.87.